The van der Waals surface area contributed by atoms with Crippen molar-refractivity contribution in [2.24, 2.45) is 11.8 Å². The van der Waals surface area contributed by atoms with Gasteiger partial charge in [-0.05, 0) is 35.7 Å². The Hall–Kier alpha value is -2.13. The van der Waals surface area contributed by atoms with E-state index in [1.807, 2.05) is 48.5 Å². The fraction of sp³-hybridized carbons (Fsp3) is 0.222. The Labute approximate surface area is 133 Å². The number of amides is 2. The first-order valence-corrected chi connectivity index (χ1v) is 7.74. The van der Waals surface area contributed by atoms with Gasteiger partial charge in [0, 0.05) is 5.03 Å². The van der Waals surface area contributed by atoms with E-state index in [1.165, 1.54) is 4.90 Å². The second-order valence-corrected chi connectivity index (χ2v) is 6.33. The first-order valence-electron chi connectivity index (χ1n) is 7.36. The summed E-state index contributed by atoms with van der Waals surface area (Å²) in [5.74, 6) is -0.805. The summed E-state index contributed by atoms with van der Waals surface area (Å²) >= 11 is 6.05. The van der Waals surface area contributed by atoms with Gasteiger partial charge >= 0.3 is 0 Å². The average molecular weight is 312 g/mol. The van der Waals surface area contributed by atoms with Gasteiger partial charge in [-0.25, -0.2) is 0 Å². The van der Waals surface area contributed by atoms with E-state index >= 15 is 0 Å². The van der Waals surface area contributed by atoms with Gasteiger partial charge in [0.25, 0.3) is 0 Å². The summed E-state index contributed by atoms with van der Waals surface area (Å²) in [7, 11) is 0. The quantitative estimate of drug-likeness (QED) is 0.750. The number of allylic oxidation sites excluding steroid dienone is 2. The van der Waals surface area contributed by atoms with Crippen molar-refractivity contribution in [2.45, 2.75) is 12.8 Å². The molecule has 110 valence electrons. The van der Waals surface area contributed by atoms with Crippen LogP contribution in [-0.2, 0) is 9.59 Å². The summed E-state index contributed by atoms with van der Waals surface area (Å²) in [4.78, 5) is 26.6. The number of fused-ring (bicyclic) bond motifs is 2. The zero-order valence-corrected chi connectivity index (χ0v) is 12.6. The Balaban J connectivity index is 1.75. The normalized spacial score (nSPS) is 24.6. The fourth-order valence-corrected chi connectivity index (χ4v) is 3.65. The van der Waals surface area contributed by atoms with Crippen LogP contribution in [0.5, 0.6) is 0 Å². The standard InChI is InChI=1S/C18H14ClNO2/c19-13-6-8-15-16(10-13)18(22)20(17(15)21)14-7-5-11-3-1-2-4-12(11)9-14/h1-7,9,15-16H,8,10H2/t15-,16-/m0/s1. The minimum atomic E-state index is -0.309. The molecule has 1 fully saturated rings. The maximum Gasteiger partial charge on any atom is 0.238 e. The van der Waals surface area contributed by atoms with Crippen LogP contribution in [0.25, 0.3) is 10.8 Å². The zero-order valence-electron chi connectivity index (χ0n) is 11.8. The molecular weight excluding hydrogens is 298 g/mol. The second-order valence-electron chi connectivity index (χ2n) is 5.85. The van der Waals surface area contributed by atoms with Gasteiger partial charge in [0.15, 0.2) is 0 Å². The van der Waals surface area contributed by atoms with Crippen LogP contribution in [0, 0.1) is 11.8 Å². The number of hydrogen-bond acceptors (Lipinski definition) is 2. The molecule has 0 unspecified atom stereocenters. The summed E-state index contributed by atoms with van der Waals surface area (Å²) in [5.41, 5.74) is 0.652. The monoisotopic (exact) mass is 311 g/mol. The molecule has 0 spiro atoms. The van der Waals surface area contributed by atoms with Gasteiger partial charge in [-0.1, -0.05) is 48.0 Å². The van der Waals surface area contributed by atoms with Crippen LogP contribution in [0.4, 0.5) is 5.69 Å². The Kier molecular flexibility index (Phi) is 3.05. The number of carbonyl (C=O) groups is 2. The molecule has 4 heteroatoms. The van der Waals surface area contributed by atoms with Crippen molar-refractivity contribution in [1.82, 2.24) is 0 Å². The minimum Gasteiger partial charge on any atom is -0.274 e. The maximum absolute atomic E-state index is 12.7. The highest BCUT2D eigenvalue weighted by Gasteiger charge is 2.48. The van der Waals surface area contributed by atoms with E-state index in [4.69, 9.17) is 11.6 Å². The van der Waals surface area contributed by atoms with Crippen LogP contribution >= 0.6 is 11.6 Å². The van der Waals surface area contributed by atoms with Gasteiger partial charge in [-0.15, -0.1) is 0 Å². The van der Waals surface area contributed by atoms with Crippen molar-refractivity contribution in [3.8, 4) is 0 Å². The van der Waals surface area contributed by atoms with Gasteiger partial charge in [-0.2, -0.15) is 0 Å². The molecular formula is C18H14ClNO2. The summed E-state index contributed by atoms with van der Waals surface area (Å²) in [6.45, 7) is 0. The first kappa shape index (κ1) is 13.5. The summed E-state index contributed by atoms with van der Waals surface area (Å²) in [6, 6.07) is 13.6. The minimum absolute atomic E-state index is 0.106. The second kappa shape index (κ2) is 4.96. The topological polar surface area (TPSA) is 37.4 Å². The number of imide groups is 1. The lowest BCUT2D eigenvalue weighted by Crippen LogP contribution is -2.30. The molecule has 22 heavy (non-hydrogen) atoms. The molecule has 4 rings (SSSR count). The van der Waals surface area contributed by atoms with Crippen LogP contribution in [0.15, 0.2) is 53.6 Å². The van der Waals surface area contributed by atoms with Gasteiger partial charge in [0.05, 0.1) is 17.5 Å². The third kappa shape index (κ3) is 1.97. The van der Waals surface area contributed by atoms with E-state index < -0.39 is 0 Å². The number of halogens is 1. The van der Waals surface area contributed by atoms with Crippen LogP contribution in [-0.4, -0.2) is 11.8 Å². The van der Waals surface area contributed by atoms with E-state index in [9.17, 15) is 9.59 Å². The molecule has 1 aliphatic carbocycles. The molecule has 3 nitrogen and oxygen atoms in total. The molecule has 1 heterocycles. The zero-order chi connectivity index (χ0) is 15.3. The van der Waals surface area contributed by atoms with Crippen LogP contribution < -0.4 is 4.90 Å². The predicted octanol–water partition coefficient (Wildman–Crippen LogP) is 3.86. The van der Waals surface area contributed by atoms with E-state index in [-0.39, 0.29) is 23.7 Å². The van der Waals surface area contributed by atoms with Gasteiger partial charge in [-0.3, -0.25) is 14.5 Å². The summed E-state index contributed by atoms with van der Waals surface area (Å²) in [6.07, 6.45) is 2.89. The third-order valence-electron chi connectivity index (χ3n) is 4.56. The molecule has 0 aromatic heterocycles. The number of hydrogen-bond donors (Lipinski definition) is 0. The molecule has 2 amide bonds. The van der Waals surface area contributed by atoms with Crippen LogP contribution in [0.3, 0.4) is 0 Å². The average Bonchev–Trinajstić information content (AvgIpc) is 2.78. The van der Waals surface area contributed by atoms with Gasteiger partial charge in [0.1, 0.15) is 0 Å². The lowest BCUT2D eigenvalue weighted by Gasteiger charge is -2.17. The molecule has 2 aliphatic rings. The number of rotatable bonds is 1. The smallest absolute Gasteiger partial charge is 0.238 e. The van der Waals surface area contributed by atoms with Crippen LogP contribution in [0.1, 0.15) is 12.8 Å². The molecule has 1 saturated heterocycles. The van der Waals surface area contributed by atoms with E-state index in [1.54, 1.807) is 0 Å². The summed E-state index contributed by atoms with van der Waals surface area (Å²) in [5, 5.41) is 2.79. The molecule has 0 bridgehead atoms. The number of anilines is 1. The van der Waals surface area contributed by atoms with E-state index in [2.05, 4.69) is 0 Å². The highest BCUT2D eigenvalue weighted by atomic mass is 35.5. The van der Waals surface area contributed by atoms with E-state index in [0.717, 1.165) is 10.8 Å². The van der Waals surface area contributed by atoms with Crippen molar-refractivity contribution in [2.75, 3.05) is 4.90 Å². The predicted molar refractivity (Wildman–Crippen MR) is 86.6 cm³/mol. The van der Waals surface area contributed by atoms with E-state index in [0.29, 0.717) is 23.6 Å². The fourth-order valence-electron chi connectivity index (χ4n) is 3.40. The molecule has 2 atom stereocenters. The van der Waals surface area contributed by atoms with Crippen LogP contribution in [0.2, 0.25) is 0 Å². The number of benzene rings is 2. The van der Waals surface area contributed by atoms with Gasteiger partial charge < -0.3 is 0 Å². The summed E-state index contributed by atoms with van der Waals surface area (Å²) < 4.78 is 0. The third-order valence-corrected chi connectivity index (χ3v) is 4.87. The molecule has 1 aliphatic heterocycles. The van der Waals surface area contributed by atoms with Crippen molar-refractivity contribution in [1.29, 1.82) is 0 Å². The maximum atomic E-state index is 12.7. The molecule has 2 aromatic rings. The highest BCUT2D eigenvalue weighted by Crippen LogP contribution is 2.41. The van der Waals surface area contributed by atoms with Gasteiger partial charge in [0.2, 0.25) is 11.8 Å². The first-order chi connectivity index (χ1) is 10.6. The Bertz CT molecular complexity index is 827. The SMILES string of the molecule is O=C1[C@H]2CC=C(Cl)C[C@@H]2C(=O)N1c1ccc2ccccc2c1. The number of nitrogens with zero attached hydrogens (tertiary/aromatic N) is 1. The van der Waals surface area contributed by atoms with Crippen molar-refractivity contribution >= 4 is 39.9 Å². The Morgan fingerprint density at radius 3 is 2.50 bits per heavy atom. The largest absolute Gasteiger partial charge is 0.274 e. The lowest BCUT2D eigenvalue weighted by atomic mass is 9.85. The van der Waals surface area contributed by atoms with Crippen molar-refractivity contribution in [3.63, 3.8) is 0 Å². The molecule has 0 saturated carbocycles. The van der Waals surface area contributed by atoms with Crippen molar-refractivity contribution in [3.05, 3.63) is 53.6 Å². The lowest BCUT2D eigenvalue weighted by molar-refractivity contribution is -0.122. The molecule has 2 aromatic carbocycles. The molecule has 0 radical (unpaired) electrons. The molecule has 0 N–H and O–H groups in total. The van der Waals surface area contributed by atoms with Crippen molar-refractivity contribution < 1.29 is 9.59 Å². The number of carbonyl (C=O) groups excluding carboxylic acids is 2. The highest BCUT2D eigenvalue weighted by molar-refractivity contribution is 6.30. The Morgan fingerprint density at radius 1 is 0.955 bits per heavy atom. The Morgan fingerprint density at radius 2 is 1.68 bits per heavy atom.